The normalized spacial score (nSPS) is 20.8. The maximum Gasteiger partial charge on any atom is 0.322 e. The number of sulfone groups is 1. The van der Waals surface area contributed by atoms with E-state index in [0.29, 0.717) is 23.9 Å². The molecule has 2 aromatic rings. The van der Waals surface area contributed by atoms with Crippen LogP contribution in [0.3, 0.4) is 0 Å². The fraction of sp³-hybridized carbons (Fsp3) is 0.435. The Labute approximate surface area is 186 Å². The monoisotopic (exact) mass is 490 g/mol. The number of rotatable bonds is 6. The molecule has 1 fully saturated rings. The average molecular weight is 491 g/mol. The molecule has 2 aliphatic rings. The third-order valence-electron chi connectivity index (χ3n) is 6.57. The van der Waals surface area contributed by atoms with E-state index >= 15 is 0 Å². The Morgan fingerprint density at radius 2 is 1.87 bits per heavy atom. The molecule has 0 saturated heterocycles. The van der Waals surface area contributed by atoms with Gasteiger partial charge in [-0.15, -0.1) is 0 Å². The molecule has 1 aliphatic carbocycles. The predicted molar refractivity (Wildman–Crippen MR) is 123 cm³/mol. The van der Waals surface area contributed by atoms with Crippen LogP contribution in [0.4, 0.5) is 10.5 Å². The van der Waals surface area contributed by atoms with Crippen LogP contribution in [0.15, 0.2) is 51.8 Å². The number of carbonyl (C=O) groups is 1. The third-order valence-corrected chi connectivity index (χ3v) is 8.81. The van der Waals surface area contributed by atoms with Gasteiger partial charge >= 0.3 is 6.03 Å². The van der Waals surface area contributed by atoms with E-state index in [0.717, 1.165) is 22.1 Å². The van der Waals surface area contributed by atoms with Crippen molar-refractivity contribution >= 4 is 37.5 Å². The van der Waals surface area contributed by atoms with Crippen LogP contribution in [0.2, 0.25) is 0 Å². The Kier molecular flexibility index (Phi) is 5.70. The number of nitrogens with one attached hydrogen (secondary N) is 1. The molecule has 1 unspecified atom stereocenters. The first kappa shape index (κ1) is 21.4. The number of halogens is 1. The SMILES string of the molecule is CCC1(C2CC2)CN(C(=O)NCc2ccc(S(=O)(=O)CC)cc2)c2ccc(Br)cc21. The van der Waals surface area contributed by atoms with E-state index in [2.05, 4.69) is 34.2 Å². The zero-order chi connectivity index (χ0) is 21.5. The number of amides is 2. The van der Waals surface area contributed by atoms with Crippen molar-refractivity contribution in [3.63, 3.8) is 0 Å². The maximum atomic E-state index is 13.1. The molecule has 0 aromatic heterocycles. The van der Waals surface area contributed by atoms with Gasteiger partial charge in [0.2, 0.25) is 0 Å². The maximum absolute atomic E-state index is 13.1. The highest BCUT2D eigenvalue weighted by Crippen LogP contribution is 2.56. The summed E-state index contributed by atoms with van der Waals surface area (Å²) in [5.74, 6) is 0.717. The van der Waals surface area contributed by atoms with Gasteiger partial charge in [-0.1, -0.05) is 41.9 Å². The van der Waals surface area contributed by atoms with Crippen LogP contribution in [0.1, 0.15) is 44.2 Å². The number of benzene rings is 2. The Morgan fingerprint density at radius 3 is 2.47 bits per heavy atom. The van der Waals surface area contributed by atoms with Crippen LogP contribution in [-0.2, 0) is 21.8 Å². The summed E-state index contributed by atoms with van der Waals surface area (Å²) in [6, 6.07) is 12.8. The Morgan fingerprint density at radius 1 is 1.17 bits per heavy atom. The molecule has 1 heterocycles. The summed E-state index contributed by atoms with van der Waals surface area (Å²) in [4.78, 5) is 15.3. The number of fused-ring (bicyclic) bond motifs is 1. The molecular formula is C23H27BrN2O3S. The van der Waals surface area contributed by atoms with Crippen molar-refractivity contribution < 1.29 is 13.2 Å². The van der Waals surface area contributed by atoms with E-state index in [1.54, 1.807) is 31.2 Å². The van der Waals surface area contributed by atoms with E-state index in [1.807, 2.05) is 17.0 Å². The summed E-state index contributed by atoms with van der Waals surface area (Å²) in [6.45, 7) is 4.92. The summed E-state index contributed by atoms with van der Waals surface area (Å²) in [5.41, 5.74) is 3.17. The second kappa shape index (κ2) is 8.00. The van der Waals surface area contributed by atoms with E-state index in [-0.39, 0.29) is 17.2 Å². The summed E-state index contributed by atoms with van der Waals surface area (Å²) in [6.07, 6.45) is 3.46. The van der Waals surface area contributed by atoms with Gasteiger partial charge in [-0.2, -0.15) is 0 Å². The highest BCUT2D eigenvalue weighted by molar-refractivity contribution is 9.10. The molecule has 1 saturated carbocycles. The van der Waals surface area contributed by atoms with Crippen molar-refractivity contribution in [1.82, 2.24) is 5.32 Å². The van der Waals surface area contributed by atoms with Crippen molar-refractivity contribution in [1.29, 1.82) is 0 Å². The standard InChI is InChI=1S/C23H27BrN2O3S/c1-3-23(17-7-8-17)15-26(21-12-9-18(24)13-20(21)23)22(27)25-14-16-5-10-19(11-6-16)30(28,29)4-2/h5-6,9-13,17H,3-4,7-8,14-15H2,1-2H3,(H,25,27). The van der Waals surface area contributed by atoms with E-state index in [9.17, 15) is 13.2 Å². The van der Waals surface area contributed by atoms with Crippen LogP contribution >= 0.6 is 15.9 Å². The highest BCUT2D eigenvalue weighted by Gasteiger charge is 2.52. The molecule has 0 spiro atoms. The number of carbonyl (C=O) groups excluding carboxylic acids is 1. The summed E-state index contributed by atoms with van der Waals surface area (Å²) < 4.78 is 25.0. The van der Waals surface area contributed by atoms with Crippen molar-refractivity contribution in [2.24, 2.45) is 5.92 Å². The zero-order valence-corrected chi connectivity index (χ0v) is 19.7. The Balaban J connectivity index is 1.51. The van der Waals surface area contributed by atoms with Gasteiger partial charge in [-0.3, -0.25) is 4.90 Å². The minimum atomic E-state index is -3.21. The van der Waals surface area contributed by atoms with Gasteiger partial charge in [0, 0.05) is 28.7 Å². The van der Waals surface area contributed by atoms with E-state index in [1.165, 1.54) is 18.4 Å². The highest BCUT2D eigenvalue weighted by atomic mass is 79.9. The molecule has 1 atom stereocenters. The second-order valence-corrected chi connectivity index (χ2v) is 11.4. The Bertz CT molecular complexity index is 1060. The molecule has 0 bridgehead atoms. The summed E-state index contributed by atoms with van der Waals surface area (Å²) in [5, 5.41) is 3.02. The fourth-order valence-corrected chi connectivity index (χ4v) is 5.85. The average Bonchev–Trinajstić information content (AvgIpc) is 3.55. The molecule has 2 aromatic carbocycles. The van der Waals surface area contributed by atoms with Gasteiger partial charge in [0.25, 0.3) is 0 Å². The molecule has 160 valence electrons. The molecule has 2 amide bonds. The van der Waals surface area contributed by atoms with Gasteiger partial charge < -0.3 is 5.32 Å². The van der Waals surface area contributed by atoms with Gasteiger partial charge in [0.15, 0.2) is 9.84 Å². The van der Waals surface area contributed by atoms with Crippen molar-refractivity contribution in [3.8, 4) is 0 Å². The van der Waals surface area contributed by atoms with Crippen LogP contribution in [0.25, 0.3) is 0 Å². The molecule has 0 radical (unpaired) electrons. The first-order valence-electron chi connectivity index (χ1n) is 10.5. The van der Waals surface area contributed by atoms with Gasteiger partial charge in [-0.05, 0) is 66.6 Å². The van der Waals surface area contributed by atoms with Crippen LogP contribution in [0, 0.1) is 5.92 Å². The topological polar surface area (TPSA) is 66.5 Å². The molecule has 7 heteroatoms. The predicted octanol–water partition coefficient (Wildman–Crippen LogP) is 5.03. The zero-order valence-electron chi connectivity index (χ0n) is 17.3. The lowest BCUT2D eigenvalue weighted by molar-refractivity contribution is 0.244. The van der Waals surface area contributed by atoms with E-state index in [4.69, 9.17) is 0 Å². The largest absolute Gasteiger partial charge is 0.334 e. The number of urea groups is 1. The molecular weight excluding hydrogens is 464 g/mol. The minimum absolute atomic E-state index is 0.0343. The Hall–Kier alpha value is -1.86. The van der Waals surface area contributed by atoms with Crippen molar-refractivity contribution in [3.05, 3.63) is 58.1 Å². The lowest BCUT2D eigenvalue weighted by Crippen LogP contribution is -2.43. The molecule has 30 heavy (non-hydrogen) atoms. The molecule has 5 nitrogen and oxygen atoms in total. The van der Waals surface area contributed by atoms with Crippen molar-refractivity contribution in [2.45, 2.75) is 50.0 Å². The first-order chi connectivity index (χ1) is 14.3. The van der Waals surface area contributed by atoms with Gasteiger partial charge in [0.05, 0.1) is 10.6 Å². The summed E-state index contributed by atoms with van der Waals surface area (Å²) in [7, 11) is -3.21. The second-order valence-electron chi connectivity index (χ2n) is 8.24. The lowest BCUT2D eigenvalue weighted by atomic mass is 9.75. The first-order valence-corrected chi connectivity index (χ1v) is 12.9. The molecule has 1 aliphatic heterocycles. The van der Waals surface area contributed by atoms with Crippen molar-refractivity contribution in [2.75, 3.05) is 17.2 Å². The molecule has 1 N–H and O–H groups in total. The van der Waals surface area contributed by atoms with Gasteiger partial charge in [-0.25, -0.2) is 13.2 Å². The third kappa shape index (κ3) is 3.78. The minimum Gasteiger partial charge on any atom is -0.334 e. The number of nitrogens with zero attached hydrogens (tertiary/aromatic N) is 1. The van der Waals surface area contributed by atoms with E-state index < -0.39 is 9.84 Å². The molecule has 4 rings (SSSR count). The number of anilines is 1. The fourth-order valence-electron chi connectivity index (χ4n) is 4.61. The summed E-state index contributed by atoms with van der Waals surface area (Å²) >= 11 is 3.60. The smallest absolute Gasteiger partial charge is 0.322 e. The van der Waals surface area contributed by atoms with Gasteiger partial charge in [0.1, 0.15) is 0 Å². The lowest BCUT2D eigenvalue weighted by Gasteiger charge is -2.29. The number of hydrogen-bond donors (Lipinski definition) is 1. The number of hydrogen-bond acceptors (Lipinski definition) is 3. The van der Waals surface area contributed by atoms with Crippen LogP contribution in [0.5, 0.6) is 0 Å². The quantitative estimate of drug-likeness (QED) is 0.617. The van der Waals surface area contributed by atoms with Crippen LogP contribution < -0.4 is 10.2 Å². The van der Waals surface area contributed by atoms with Crippen LogP contribution in [-0.4, -0.2) is 26.7 Å².